The highest BCUT2D eigenvalue weighted by Crippen LogP contribution is 2.28. The van der Waals surface area contributed by atoms with Crippen molar-refractivity contribution >= 4 is 5.78 Å². The topological polar surface area (TPSA) is 42.2 Å². The number of halogens is 1. The van der Waals surface area contributed by atoms with Crippen LogP contribution in [0.2, 0.25) is 0 Å². The highest BCUT2D eigenvalue weighted by Gasteiger charge is 2.12. The average Bonchev–Trinajstić information content (AvgIpc) is 2.99. The van der Waals surface area contributed by atoms with E-state index in [2.05, 4.69) is 11.8 Å². The largest absolute Gasteiger partial charge is 0.507 e. The van der Waals surface area contributed by atoms with Gasteiger partial charge in [-0.15, -0.1) is 5.92 Å². The van der Waals surface area contributed by atoms with Crippen LogP contribution >= 0.6 is 0 Å². The molecule has 0 unspecified atom stereocenters. The molecule has 0 aliphatic rings. The molecule has 4 heteroatoms. The van der Waals surface area contributed by atoms with Gasteiger partial charge in [0.2, 0.25) is 0 Å². The van der Waals surface area contributed by atoms with Gasteiger partial charge in [0, 0.05) is 29.7 Å². The second-order valence-electron chi connectivity index (χ2n) is 5.63. The number of ketones is 1. The quantitative estimate of drug-likeness (QED) is 0.564. The fourth-order valence-electron chi connectivity index (χ4n) is 2.68. The first kappa shape index (κ1) is 16.5. The van der Waals surface area contributed by atoms with E-state index in [0.29, 0.717) is 5.69 Å². The molecule has 0 radical (unpaired) electrons. The van der Waals surface area contributed by atoms with Crippen molar-refractivity contribution in [1.82, 2.24) is 4.57 Å². The lowest BCUT2D eigenvalue weighted by molar-refractivity contribution is 0.101. The van der Waals surface area contributed by atoms with E-state index < -0.39 is 0 Å². The van der Waals surface area contributed by atoms with Crippen LogP contribution in [0.4, 0.5) is 4.39 Å². The number of aromatic hydroxyl groups is 1. The van der Waals surface area contributed by atoms with Crippen molar-refractivity contribution in [2.24, 2.45) is 0 Å². The van der Waals surface area contributed by atoms with Crippen LogP contribution in [0.1, 0.15) is 29.8 Å². The number of carbonyl (C=O) groups excluding carboxylic acids is 1. The zero-order valence-electron chi connectivity index (χ0n) is 13.9. The number of nitrogens with zero attached hydrogens (tertiary/aromatic N) is 1. The first-order valence-corrected chi connectivity index (χ1v) is 7.74. The molecule has 25 heavy (non-hydrogen) atoms. The molecule has 124 valence electrons. The summed E-state index contributed by atoms with van der Waals surface area (Å²) in [5, 5.41) is 10.0. The Morgan fingerprint density at radius 1 is 1.12 bits per heavy atom. The van der Waals surface area contributed by atoms with Crippen molar-refractivity contribution < 1.29 is 14.3 Å². The van der Waals surface area contributed by atoms with Crippen LogP contribution in [0, 0.1) is 17.7 Å². The van der Waals surface area contributed by atoms with Gasteiger partial charge in [-0.25, -0.2) is 4.39 Å². The molecule has 1 aromatic heterocycles. The molecular weight excluding hydrogens is 317 g/mol. The van der Waals surface area contributed by atoms with Gasteiger partial charge in [-0.3, -0.25) is 4.79 Å². The van der Waals surface area contributed by atoms with E-state index in [9.17, 15) is 14.3 Å². The number of aromatic nitrogens is 1. The Balaban J connectivity index is 2.10. The summed E-state index contributed by atoms with van der Waals surface area (Å²) < 4.78 is 15.0. The fourth-order valence-corrected chi connectivity index (χ4v) is 2.68. The molecule has 1 heterocycles. The van der Waals surface area contributed by atoms with E-state index in [1.54, 1.807) is 31.2 Å². The number of benzene rings is 2. The second-order valence-corrected chi connectivity index (χ2v) is 5.63. The first-order chi connectivity index (χ1) is 12.0. The third kappa shape index (κ3) is 3.31. The van der Waals surface area contributed by atoms with Crippen LogP contribution in [0.25, 0.3) is 16.8 Å². The molecule has 3 aromatic rings. The third-order valence-corrected chi connectivity index (χ3v) is 3.90. The zero-order chi connectivity index (χ0) is 18.0. The molecule has 0 saturated carbocycles. The van der Waals surface area contributed by atoms with Gasteiger partial charge in [0.15, 0.2) is 5.78 Å². The van der Waals surface area contributed by atoms with Crippen molar-refractivity contribution in [3.8, 4) is 34.4 Å². The third-order valence-electron chi connectivity index (χ3n) is 3.90. The lowest BCUT2D eigenvalue weighted by Crippen LogP contribution is -1.95. The molecule has 0 amide bonds. The normalized spacial score (nSPS) is 10.2. The minimum atomic E-state index is -0.295. The van der Waals surface area contributed by atoms with Crippen LogP contribution < -0.4 is 0 Å². The van der Waals surface area contributed by atoms with E-state index in [1.165, 1.54) is 25.1 Å². The number of rotatable bonds is 3. The molecule has 2 aromatic carbocycles. The van der Waals surface area contributed by atoms with Crippen molar-refractivity contribution in [2.45, 2.75) is 13.8 Å². The standard InChI is InChI=1S/C21H16FNO2/c1-3-4-16-12-23(13-20(16)15-5-7-17(22)8-6-15)18-9-10-19(14(2)24)21(25)11-18/h5-13,25H,1-2H3. The van der Waals surface area contributed by atoms with Crippen LogP contribution in [-0.2, 0) is 0 Å². The van der Waals surface area contributed by atoms with Crippen LogP contribution in [0.3, 0.4) is 0 Å². The average molecular weight is 333 g/mol. The van der Waals surface area contributed by atoms with Gasteiger partial charge in [-0.2, -0.15) is 0 Å². The zero-order valence-corrected chi connectivity index (χ0v) is 13.9. The SMILES string of the molecule is CC#Cc1cn(-c2ccc(C(C)=O)c(O)c2)cc1-c1ccc(F)cc1. The number of phenols is 1. The molecule has 0 fully saturated rings. The summed E-state index contributed by atoms with van der Waals surface area (Å²) in [4.78, 5) is 11.5. The molecule has 0 aliphatic heterocycles. The molecule has 0 spiro atoms. The van der Waals surface area contributed by atoms with Gasteiger partial charge in [-0.05, 0) is 43.7 Å². The maximum absolute atomic E-state index is 13.2. The van der Waals surface area contributed by atoms with Crippen LogP contribution in [0.5, 0.6) is 5.75 Å². The first-order valence-electron chi connectivity index (χ1n) is 7.74. The molecule has 0 saturated heterocycles. The molecule has 3 rings (SSSR count). The Hall–Kier alpha value is -3.32. The highest BCUT2D eigenvalue weighted by molar-refractivity contribution is 5.97. The van der Waals surface area contributed by atoms with Crippen molar-refractivity contribution in [3.05, 3.63) is 71.8 Å². The summed E-state index contributed by atoms with van der Waals surface area (Å²) in [6.45, 7) is 3.16. The molecule has 0 bridgehead atoms. The number of hydrogen-bond acceptors (Lipinski definition) is 2. The summed E-state index contributed by atoms with van der Waals surface area (Å²) in [6.07, 6.45) is 3.71. The van der Waals surface area contributed by atoms with E-state index in [4.69, 9.17) is 0 Å². The summed E-state index contributed by atoms with van der Waals surface area (Å²) in [6, 6.07) is 11.1. The minimum absolute atomic E-state index is 0.0647. The summed E-state index contributed by atoms with van der Waals surface area (Å²) >= 11 is 0. The fraction of sp³-hybridized carbons (Fsp3) is 0.0952. The molecule has 1 N–H and O–H groups in total. The van der Waals surface area contributed by atoms with Gasteiger partial charge in [0.1, 0.15) is 11.6 Å². The van der Waals surface area contributed by atoms with Crippen molar-refractivity contribution in [3.63, 3.8) is 0 Å². The van der Waals surface area contributed by atoms with E-state index in [1.807, 2.05) is 17.0 Å². The summed E-state index contributed by atoms with van der Waals surface area (Å²) in [7, 11) is 0. The molecule has 0 atom stereocenters. The Morgan fingerprint density at radius 3 is 2.44 bits per heavy atom. The van der Waals surface area contributed by atoms with Gasteiger partial charge >= 0.3 is 0 Å². The van der Waals surface area contributed by atoms with Gasteiger partial charge in [-0.1, -0.05) is 18.1 Å². The van der Waals surface area contributed by atoms with Crippen molar-refractivity contribution in [1.29, 1.82) is 0 Å². The monoisotopic (exact) mass is 333 g/mol. The maximum atomic E-state index is 13.2. The Morgan fingerprint density at radius 2 is 1.84 bits per heavy atom. The smallest absolute Gasteiger partial charge is 0.163 e. The number of phenolic OH excluding ortho intramolecular Hbond substituents is 1. The predicted octanol–water partition coefficient (Wildman–Crippen LogP) is 4.56. The van der Waals surface area contributed by atoms with Crippen LogP contribution in [0.15, 0.2) is 54.9 Å². The molecule has 3 nitrogen and oxygen atoms in total. The Labute approximate surface area is 145 Å². The number of Topliss-reactive ketones (excluding diaryl/α,β-unsaturated/α-hetero) is 1. The predicted molar refractivity (Wildman–Crippen MR) is 95.4 cm³/mol. The lowest BCUT2D eigenvalue weighted by Gasteiger charge is -2.06. The number of carbonyl (C=O) groups is 1. The van der Waals surface area contributed by atoms with E-state index in [0.717, 1.165) is 16.7 Å². The van der Waals surface area contributed by atoms with Crippen LogP contribution in [-0.4, -0.2) is 15.5 Å². The van der Waals surface area contributed by atoms with Gasteiger partial charge in [0.25, 0.3) is 0 Å². The Bertz CT molecular complexity index is 1000. The van der Waals surface area contributed by atoms with Gasteiger partial charge < -0.3 is 9.67 Å². The summed E-state index contributed by atoms with van der Waals surface area (Å²) in [5.74, 6) is 5.36. The lowest BCUT2D eigenvalue weighted by atomic mass is 10.1. The Kier molecular flexibility index (Phi) is 4.40. The minimum Gasteiger partial charge on any atom is -0.507 e. The second kappa shape index (κ2) is 6.66. The summed E-state index contributed by atoms with van der Waals surface area (Å²) in [5.41, 5.74) is 3.49. The maximum Gasteiger partial charge on any atom is 0.163 e. The molecular formula is C21H16FNO2. The highest BCUT2D eigenvalue weighted by atomic mass is 19.1. The number of hydrogen-bond donors (Lipinski definition) is 1. The van der Waals surface area contributed by atoms with Crippen molar-refractivity contribution in [2.75, 3.05) is 0 Å². The van der Waals surface area contributed by atoms with E-state index >= 15 is 0 Å². The molecule has 0 aliphatic carbocycles. The van der Waals surface area contributed by atoms with Gasteiger partial charge in [0.05, 0.1) is 11.1 Å². The van der Waals surface area contributed by atoms with E-state index in [-0.39, 0.29) is 22.9 Å².